The highest BCUT2D eigenvalue weighted by Crippen LogP contribution is 2.38. The summed E-state index contributed by atoms with van der Waals surface area (Å²) in [5.41, 5.74) is 7.85. The van der Waals surface area contributed by atoms with Crippen LogP contribution in [0.1, 0.15) is 61.8 Å². The van der Waals surface area contributed by atoms with Crippen LogP contribution in [0.4, 0.5) is 0 Å². The lowest BCUT2D eigenvalue weighted by atomic mass is 9.86. The van der Waals surface area contributed by atoms with Gasteiger partial charge in [0, 0.05) is 34.0 Å². The first kappa shape index (κ1) is 18.4. The number of nitrogens with zero attached hydrogens (tertiary/aromatic N) is 2. The van der Waals surface area contributed by atoms with E-state index in [1.165, 1.54) is 60.2 Å². The van der Waals surface area contributed by atoms with Gasteiger partial charge >= 0.3 is 0 Å². The highest BCUT2D eigenvalue weighted by Gasteiger charge is 2.22. The smallest absolute Gasteiger partial charge is 0.227 e. The minimum absolute atomic E-state index is 0.585. The van der Waals surface area contributed by atoms with Crippen molar-refractivity contribution in [2.45, 2.75) is 58.3 Å². The van der Waals surface area contributed by atoms with E-state index in [4.69, 9.17) is 9.40 Å². The van der Waals surface area contributed by atoms with E-state index in [1.807, 2.05) is 0 Å². The Kier molecular flexibility index (Phi) is 4.61. The molecular formula is C26H29N2O+. The van der Waals surface area contributed by atoms with E-state index in [1.54, 1.807) is 0 Å². The Labute approximate surface area is 172 Å². The van der Waals surface area contributed by atoms with Gasteiger partial charge in [0.05, 0.1) is 5.56 Å². The Morgan fingerprint density at radius 1 is 1.00 bits per heavy atom. The first-order valence-corrected chi connectivity index (χ1v) is 11.0. The molecule has 0 bridgehead atoms. The number of rotatable bonds is 3. The second kappa shape index (κ2) is 7.29. The minimum atomic E-state index is 0.585. The quantitative estimate of drug-likeness (QED) is 0.382. The molecule has 3 aromatic heterocycles. The summed E-state index contributed by atoms with van der Waals surface area (Å²) >= 11 is 0. The first-order valence-electron chi connectivity index (χ1n) is 11.0. The first-order chi connectivity index (χ1) is 14.2. The maximum atomic E-state index is 6.44. The molecule has 1 aliphatic rings. The van der Waals surface area contributed by atoms with Crippen LogP contribution in [0.15, 0.2) is 47.0 Å². The molecule has 0 spiro atoms. The van der Waals surface area contributed by atoms with Crippen LogP contribution in [0.2, 0.25) is 0 Å². The fourth-order valence-electron chi connectivity index (χ4n) is 4.91. The summed E-state index contributed by atoms with van der Waals surface area (Å²) in [6.07, 6.45) is 9.76. The van der Waals surface area contributed by atoms with Crippen LogP contribution in [0.25, 0.3) is 33.3 Å². The molecule has 0 unspecified atom stereocenters. The predicted molar refractivity (Wildman–Crippen MR) is 118 cm³/mol. The molecule has 0 N–H and O–H groups in total. The maximum absolute atomic E-state index is 6.44. The monoisotopic (exact) mass is 385 g/mol. The SMILES string of the molecule is CCc1ccc(-c2c(C)ccc3c2oc2nc(C4CCCCC4)ccc23)[n+](C)c1. The summed E-state index contributed by atoms with van der Waals surface area (Å²) < 4.78 is 8.65. The van der Waals surface area contributed by atoms with Gasteiger partial charge in [-0.05, 0) is 49.9 Å². The number of furan rings is 1. The Morgan fingerprint density at radius 2 is 1.79 bits per heavy atom. The lowest BCUT2D eigenvalue weighted by Gasteiger charge is -2.20. The molecule has 1 aliphatic carbocycles. The zero-order chi connectivity index (χ0) is 20.0. The third kappa shape index (κ3) is 3.13. The van der Waals surface area contributed by atoms with Crippen molar-refractivity contribution in [3.63, 3.8) is 0 Å². The number of pyridine rings is 2. The van der Waals surface area contributed by atoms with Crippen molar-refractivity contribution in [1.82, 2.24) is 4.98 Å². The fourth-order valence-corrected chi connectivity index (χ4v) is 4.91. The normalized spacial score (nSPS) is 15.4. The molecule has 1 saturated carbocycles. The molecule has 0 radical (unpaired) electrons. The topological polar surface area (TPSA) is 29.9 Å². The van der Waals surface area contributed by atoms with Crippen LogP contribution < -0.4 is 4.57 Å². The van der Waals surface area contributed by atoms with Crippen molar-refractivity contribution in [2.24, 2.45) is 7.05 Å². The van der Waals surface area contributed by atoms with Crippen molar-refractivity contribution in [3.8, 4) is 11.3 Å². The second-order valence-corrected chi connectivity index (χ2v) is 8.55. The number of benzene rings is 1. The zero-order valence-electron chi connectivity index (χ0n) is 17.7. The molecule has 0 aliphatic heterocycles. The Morgan fingerprint density at radius 3 is 2.55 bits per heavy atom. The average Bonchev–Trinajstić information content (AvgIpc) is 3.12. The summed E-state index contributed by atoms with van der Waals surface area (Å²) in [5, 5.41) is 2.27. The molecule has 29 heavy (non-hydrogen) atoms. The average molecular weight is 386 g/mol. The number of aryl methyl sites for hydroxylation is 3. The van der Waals surface area contributed by atoms with Gasteiger partial charge in [-0.3, -0.25) is 0 Å². The van der Waals surface area contributed by atoms with E-state index in [0.717, 1.165) is 28.5 Å². The van der Waals surface area contributed by atoms with Crippen LogP contribution in [0, 0.1) is 6.92 Å². The van der Waals surface area contributed by atoms with Gasteiger partial charge in [-0.25, -0.2) is 9.55 Å². The van der Waals surface area contributed by atoms with Crippen LogP contribution in [0.5, 0.6) is 0 Å². The molecule has 5 rings (SSSR count). The molecule has 0 saturated heterocycles. The molecule has 3 heteroatoms. The Bertz CT molecular complexity index is 1200. The number of aromatic nitrogens is 2. The molecule has 1 aromatic carbocycles. The summed E-state index contributed by atoms with van der Waals surface area (Å²) in [5.74, 6) is 0.585. The molecule has 148 valence electrons. The van der Waals surface area contributed by atoms with Gasteiger partial charge in [0.25, 0.3) is 0 Å². The van der Waals surface area contributed by atoms with Crippen LogP contribution in [0.3, 0.4) is 0 Å². The van der Waals surface area contributed by atoms with Crippen molar-refractivity contribution < 1.29 is 8.98 Å². The highest BCUT2D eigenvalue weighted by atomic mass is 16.3. The van der Waals surface area contributed by atoms with Gasteiger partial charge in [-0.15, -0.1) is 0 Å². The molecule has 1 fully saturated rings. The molecule has 3 heterocycles. The molecule has 4 aromatic rings. The molecule has 3 nitrogen and oxygen atoms in total. The van der Waals surface area contributed by atoms with Crippen molar-refractivity contribution in [1.29, 1.82) is 0 Å². The van der Waals surface area contributed by atoms with Gasteiger partial charge in [0.1, 0.15) is 7.05 Å². The van der Waals surface area contributed by atoms with Gasteiger partial charge in [-0.1, -0.05) is 38.3 Å². The summed E-state index contributed by atoms with van der Waals surface area (Å²) in [4.78, 5) is 4.98. The van der Waals surface area contributed by atoms with Crippen molar-refractivity contribution >= 4 is 22.1 Å². The van der Waals surface area contributed by atoms with Crippen LogP contribution >= 0.6 is 0 Å². The van der Waals surface area contributed by atoms with Crippen LogP contribution in [-0.4, -0.2) is 4.98 Å². The minimum Gasteiger partial charge on any atom is -0.437 e. The summed E-state index contributed by atoms with van der Waals surface area (Å²) in [6, 6.07) is 13.3. The van der Waals surface area contributed by atoms with Gasteiger partial charge in [0.2, 0.25) is 11.4 Å². The van der Waals surface area contributed by atoms with E-state index in [2.05, 4.69) is 68.1 Å². The molecular weight excluding hydrogens is 356 g/mol. The number of hydrogen-bond acceptors (Lipinski definition) is 2. The molecule has 0 amide bonds. The second-order valence-electron chi connectivity index (χ2n) is 8.55. The maximum Gasteiger partial charge on any atom is 0.227 e. The lowest BCUT2D eigenvalue weighted by molar-refractivity contribution is -0.660. The van der Waals surface area contributed by atoms with Crippen LogP contribution in [-0.2, 0) is 13.5 Å². The van der Waals surface area contributed by atoms with E-state index in [9.17, 15) is 0 Å². The fraction of sp³-hybridized carbons (Fsp3) is 0.385. The number of fused-ring (bicyclic) bond motifs is 3. The van der Waals surface area contributed by atoms with Crippen molar-refractivity contribution in [2.75, 3.05) is 0 Å². The largest absolute Gasteiger partial charge is 0.437 e. The Hall–Kier alpha value is -2.68. The van der Waals surface area contributed by atoms with Crippen molar-refractivity contribution in [3.05, 3.63) is 59.4 Å². The Balaban J connectivity index is 1.69. The van der Waals surface area contributed by atoms with E-state index in [0.29, 0.717) is 5.92 Å². The van der Waals surface area contributed by atoms with Gasteiger partial charge in [0.15, 0.2) is 11.8 Å². The third-order valence-electron chi connectivity index (χ3n) is 6.62. The predicted octanol–water partition coefficient (Wildman–Crippen LogP) is 6.39. The molecule has 0 atom stereocenters. The van der Waals surface area contributed by atoms with E-state index < -0.39 is 0 Å². The standard InChI is InChI=1S/C26H29N2O/c1-4-18-11-15-23(28(3)16-18)24-17(2)10-12-20-21-13-14-22(19-8-6-5-7-9-19)27-26(21)29-25(20)24/h10-16,19H,4-9H2,1-3H3/q+1. The summed E-state index contributed by atoms with van der Waals surface area (Å²) in [6.45, 7) is 4.35. The van der Waals surface area contributed by atoms with Gasteiger partial charge < -0.3 is 4.42 Å². The highest BCUT2D eigenvalue weighted by molar-refractivity contribution is 6.08. The zero-order valence-corrected chi connectivity index (χ0v) is 17.7. The number of hydrogen-bond donors (Lipinski definition) is 0. The van der Waals surface area contributed by atoms with E-state index in [-0.39, 0.29) is 0 Å². The lowest BCUT2D eigenvalue weighted by Crippen LogP contribution is -2.31. The summed E-state index contributed by atoms with van der Waals surface area (Å²) in [7, 11) is 2.12. The third-order valence-corrected chi connectivity index (χ3v) is 6.62. The van der Waals surface area contributed by atoms with E-state index >= 15 is 0 Å². The van der Waals surface area contributed by atoms with Gasteiger partial charge in [-0.2, -0.15) is 0 Å².